The summed E-state index contributed by atoms with van der Waals surface area (Å²) in [5.41, 5.74) is 1.23. The monoisotopic (exact) mass is 408 g/mol. The van der Waals surface area contributed by atoms with E-state index in [0.717, 1.165) is 5.56 Å². The second kappa shape index (κ2) is 9.94. The van der Waals surface area contributed by atoms with Crippen LogP contribution in [0.25, 0.3) is 0 Å². The molecule has 0 aromatic heterocycles. The smallest absolute Gasteiger partial charge is 0.325 e. The lowest BCUT2D eigenvalue weighted by atomic mass is 10.2. The molecule has 0 aliphatic rings. The van der Waals surface area contributed by atoms with Gasteiger partial charge in [0, 0.05) is 19.2 Å². The Morgan fingerprint density at radius 1 is 1.04 bits per heavy atom. The van der Waals surface area contributed by atoms with Crippen molar-refractivity contribution < 1.29 is 19.1 Å². The van der Waals surface area contributed by atoms with Gasteiger partial charge >= 0.3 is 5.97 Å². The van der Waals surface area contributed by atoms with Crippen molar-refractivity contribution in [1.29, 1.82) is 0 Å². The third kappa shape index (κ3) is 6.58. The van der Waals surface area contributed by atoms with E-state index in [2.05, 4.69) is 5.32 Å². The molecule has 2 amide bonds. The number of likely N-dealkylation sites (N-methyl/N-ethyl adjacent to an activating group) is 1. The predicted octanol–water partition coefficient (Wildman–Crippen LogP) is 2.93. The first kappa shape index (κ1) is 20.7. The zero-order valence-corrected chi connectivity index (χ0v) is 16.1. The summed E-state index contributed by atoms with van der Waals surface area (Å²) in [6.45, 7) is -0.356. The predicted molar refractivity (Wildman–Crippen MR) is 103 cm³/mol. The Morgan fingerprint density at radius 2 is 1.74 bits per heavy atom. The largest absolute Gasteiger partial charge is 0.454 e. The number of amides is 2. The molecule has 0 bridgehead atoms. The molecule has 0 unspecified atom stereocenters. The maximum Gasteiger partial charge on any atom is 0.325 e. The Labute approximate surface area is 167 Å². The molecule has 0 heterocycles. The van der Waals surface area contributed by atoms with E-state index in [1.807, 2.05) is 30.3 Å². The van der Waals surface area contributed by atoms with Gasteiger partial charge in [-0.2, -0.15) is 0 Å². The van der Waals surface area contributed by atoms with Crippen LogP contribution < -0.4 is 5.32 Å². The average Bonchev–Trinajstić information content (AvgIpc) is 2.67. The Bertz CT molecular complexity index is 828. The van der Waals surface area contributed by atoms with Gasteiger partial charge in [0.2, 0.25) is 0 Å². The number of carbonyl (C=O) groups excluding carboxylic acids is 3. The summed E-state index contributed by atoms with van der Waals surface area (Å²) < 4.78 is 4.90. The standard InChI is InChI=1S/C19H18Cl2N2O4/c1-23(11-13-5-3-2-4-6-13)17(24)12-27-18(25)10-22-19(26)14-7-8-15(20)16(21)9-14/h2-9H,10-12H2,1H3,(H,22,26). The molecule has 0 saturated heterocycles. The first-order valence-corrected chi connectivity index (χ1v) is 8.79. The molecule has 1 N–H and O–H groups in total. The summed E-state index contributed by atoms with van der Waals surface area (Å²) in [7, 11) is 1.62. The second-order valence-electron chi connectivity index (χ2n) is 5.71. The molecule has 2 aromatic rings. The fourth-order valence-electron chi connectivity index (χ4n) is 2.14. The fraction of sp³-hybridized carbons (Fsp3) is 0.211. The summed E-state index contributed by atoms with van der Waals surface area (Å²) in [6, 6.07) is 13.8. The molecule has 0 aliphatic carbocycles. The number of ether oxygens (including phenoxy) is 1. The highest BCUT2D eigenvalue weighted by Crippen LogP contribution is 2.22. The molecule has 142 valence electrons. The normalized spacial score (nSPS) is 10.2. The molecule has 0 aliphatic heterocycles. The first-order valence-electron chi connectivity index (χ1n) is 8.03. The molecular formula is C19H18Cl2N2O4. The average molecular weight is 409 g/mol. The van der Waals surface area contributed by atoms with E-state index in [0.29, 0.717) is 11.6 Å². The van der Waals surface area contributed by atoms with Crippen molar-refractivity contribution in [3.8, 4) is 0 Å². The van der Waals surface area contributed by atoms with Crippen molar-refractivity contribution in [2.75, 3.05) is 20.2 Å². The molecule has 0 radical (unpaired) electrons. The minimum Gasteiger partial charge on any atom is -0.454 e. The van der Waals surface area contributed by atoms with Gasteiger partial charge in [-0.3, -0.25) is 14.4 Å². The van der Waals surface area contributed by atoms with Gasteiger partial charge in [-0.15, -0.1) is 0 Å². The van der Waals surface area contributed by atoms with Crippen LogP contribution in [0.15, 0.2) is 48.5 Å². The maximum absolute atomic E-state index is 12.0. The molecule has 27 heavy (non-hydrogen) atoms. The van der Waals surface area contributed by atoms with Crippen molar-refractivity contribution >= 4 is 41.0 Å². The van der Waals surface area contributed by atoms with Crippen LogP contribution in [0.4, 0.5) is 0 Å². The van der Waals surface area contributed by atoms with Crippen molar-refractivity contribution in [3.05, 3.63) is 69.7 Å². The van der Waals surface area contributed by atoms with Crippen LogP contribution in [-0.2, 0) is 20.9 Å². The van der Waals surface area contributed by atoms with Gasteiger partial charge in [-0.25, -0.2) is 0 Å². The van der Waals surface area contributed by atoms with Gasteiger partial charge < -0.3 is 15.0 Å². The summed E-state index contributed by atoms with van der Waals surface area (Å²) >= 11 is 11.6. The first-order chi connectivity index (χ1) is 12.9. The SMILES string of the molecule is CN(Cc1ccccc1)C(=O)COC(=O)CNC(=O)c1ccc(Cl)c(Cl)c1. The number of halogens is 2. The van der Waals surface area contributed by atoms with Gasteiger partial charge in [-0.05, 0) is 23.8 Å². The maximum atomic E-state index is 12.0. The van der Waals surface area contributed by atoms with E-state index in [1.54, 1.807) is 7.05 Å². The highest BCUT2D eigenvalue weighted by Gasteiger charge is 2.14. The highest BCUT2D eigenvalue weighted by atomic mass is 35.5. The number of esters is 1. The molecule has 0 saturated carbocycles. The van der Waals surface area contributed by atoms with E-state index in [4.69, 9.17) is 27.9 Å². The van der Waals surface area contributed by atoms with Gasteiger partial charge in [0.1, 0.15) is 6.54 Å². The zero-order valence-electron chi connectivity index (χ0n) is 14.6. The zero-order chi connectivity index (χ0) is 19.8. The quantitative estimate of drug-likeness (QED) is 0.714. The van der Waals surface area contributed by atoms with Crippen LogP contribution in [-0.4, -0.2) is 42.9 Å². The number of hydrogen-bond acceptors (Lipinski definition) is 4. The molecular weight excluding hydrogens is 391 g/mol. The van der Waals surface area contributed by atoms with Crippen LogP contribution >= 0.6 is 23.2 Å². The van der Waals surface area contributed by atoms with Gasteiger partial charge in [0.05, 0.1) is 10.0 Å². The summed E-state index contributed by atoms with van der Waals surface area (Å²) in [4.78, 5) is 37.2. The number of nitrogens with zero attached hydrogens (tertiary/aromatic N) is 1. The Morgan fingerprint density at radius 3 is 2.41 bits per heavy atom. The van der Waals surface area contributed by atoms with Crippen LogP contribution in [0, 0.1) is 0 Å². The number of carbonyl (C=O) groups is 3. The lowest BCUT2D eigenvalue weighted by molar-refractivity contribution is -0.150. The molecule has 2 aromatic carbocycles. The van der Waals surface area contributed by atoms with Crippen molar-refractivity contribution in [2.45, 2.75) is 6.54 Å². The van der Waals surface area contributed by atoms with E-state index >= 15 is 0 Å². The molecule has 0 atom stereocenters. The van der Waals surface area contributed by atoms with E-state index in [-0.39, 0.29) is 23.0 Å². The van der Waals surface area contributed by atoms with Crippen LogP contribution in [0.2, 0.25) is 10.0 Å². The summed E-state index contributed by atoms with van der Waals surface area (Å²) in [5.74, 6) is -1.56. The topological polar surface area (TPSA) is 75.7 Å². The molecule has 0 spiro atoms. The third-order valence-corrected chi connectivity index (χ3v) is 4.36. The van der Waals surface area contributed by atoms with Crippen LogP contribution in [0.5, 0.6) is 0 Å². The number of benzene rings is 2. The van der Waals surface area contributed by atoms with Crippen molar-refractivity contribution in [2.24, 2.45) is 0 Å². The van der Waals surface area contributed by atoms with Crippen molar-refractivity contribution in [1.82, 2.24) is 10.2 Å². The van der Waals surface area contributed by atoms with Gasteiger partial charge in [0.25, 0.3) is 11.8 Å². The van der Waals surface area contributed by atoms with Gasteiger partial charge in [-0.1, -0.05) is 53.5 Å². The molecule has 0 fully saturated rings. The Kier molecular flexibility index (Phi) is 7.64. The van der Waals surface area contributed by atoms with E-state index in [1.165, 1.54) is 23.1 Å². The molecule has 8 heteroatoms. The summed E-state index contributed by atoms with van der Waals surface area (Å²) in [5, 5.41) is 2.96. The number of hydrogen-bond donors (Lipinski definition) is 1. The minimum absolute atomic E-state index is 0.235. The Hall–Kier alpha value is -2.57. The lowest BCUT2D eigenvalue weighted by Crippen LogP contribution is -2.34. The van der Waals surface area contributed by atoms with E-state index in [9.17, 15) is 14.4 Å². The van der Waals surface area contributed by atoms with Crippen LogP contribution in [0.3, 0.4) is 0 Å². The Balaban J connectivity index is 1.74. The number of rotatable bonds is 7. The van der Waals surface area contributed by atoms with Crippen LogP contribution in [0.1, 0.15) is 15.9 Å². The number of nitrogens with one attached hydrogen (secondary N) is 1. The molecule has 2 rings (SSSR count). The summed E-state index contributed by atoms with van der Waals surface area (Å²) in [6.07, 6.45) is 0. The lowest BCUT2D eigenvalue weighted by Gasteiger charge is -2.17. The second-order valence-corrected chi connectivity index (χ2v) is 6.52. The molecule has 6 nitrogen and oxygen atoms in total. The van der Waals surface area contributed by atoms with Gasteiger partial charge in [0.15, 0.2) is 6.61 Å². The third-order valence-electron chi connectivity index (χ3n) is 3.62. The van der Waals surface area contributed by atoms with E-state index < -0.39 is 18.5 Å². The van der Waals surface area contributed by atoms with Crippen molar-refractivity contribution in [3.63, 3.8) is 0 Å². The fourth-order valence-corrected chi connectivity index (χ4v) is 2.44. The highest BCUT2D eigenvalue weighted by molar-refractivity contribution is 6.42. The minimum atomic E-state index is -0.718.